The van der Waals surface area contributed by atoms with Crippen molar-refractivity contribution in [2.45, 2.75) is 52.7 Å². The first kappa shape index (κ1) is 16.2. The van der Waals surface area contributed by atoms with Gasteiger partial charge in [-0.05, 0) is 38.9 Å². The minimum absolute atomic E-state index is 0.600. The molecule has 1 atom stereocenters. The van der Waals surface area contributed by atoms with E-state index in [4.69, 9.17) is 0 Å². The van der Waals surface area contributed by atoms with Gasteiger partial charge in [0.15, 0.2) is 0 Å². The molecule has 1 unspecified atom stereocenters. The Kier molecular flexibility index (Phi) is 7.10. The van der Waals surface area contributed by atoms with Crippen molar-refractivity contribution < 1.29 is 0 Å². The van der Waals surface area contributed by atoms with Gasteiger partial charge in [-0.2, -0.15) is 5.10 Å². The molecule has 1 aromatic rings. The zero-order valence-corrected chi connectivity index (χ0v) is 13.2. The fraction of sp³-hybridized carbons (Fsp3) is 0.800. The van der Waals surface area contributed by atoms with Crippen molar-refractivity contribution in [3.63, 3.8) is 0 Å². The summed E-state index contributed by atoms with van der Waals surface area (Å²) in [5.74, 6) is 0.736. The summed E-state index contributed by atoms with van der Waals surface area (Å²) in [6, 6.07) is 2.71. The van der Waals surface area contributed by atoms with E-state index in [0.29, 0.717) is 6.04 Å². The number of likely N-dealkylation sites (N-methyl/N-ethyl adjacent to an activating group) is 1. The molecule has 0 aliphatic carbocycles. The Morgan fingerprint density at radius 2 is 2.11 bits per heavy atom. The standard InChI is InChI=1S/C15H30N4/c1-6-9-19-14(7-8-17-19)11-16-12-15(18(4)5)10-13(2)3/h7-8,13,15-16H,6,9-12H2,1-5H3. The monoisotopic (exact) mass is 266 g/mol. The number of hydrogen-bond acceptors (Lipinski definition) is 3. The SMILES string of the molecule is CCCn1nccc1CNCC(CC(C)C)N(C)C. The molecular weight excluding hydrogens is 236 g/mol. The minimum atomic E-state index is 0.600. The van der Waals surface area contributed by atoms with Gasteiger partial charge in [-0.1, -0.05) is 20.8 Å². The van der Waals surface area contributed by atoms with E-state index in [-0.39, 0.29) is 0 Å². The first-order chi connectivity index (χ1) is 9.04. The van der Waals surface area contributed by atoms with Gasteiger partial charge in [-0.15, -0.1) is 0 Å². The summed E-state index contributed by atoms with van der Waals surface area (Å²) in [5.41, 5.74) is 1.28. The fourth-order valence-corrected chi connectivity index (χ4v) is 2.31. The van der Waals surface area contributed by atoms with Gasteiger partial charge < -0.3 is 10.2 Å². The molecule has 0 saturated carbocycles. The second-order valence-corrected chi connectivity index (χ2v) is 5.92. The summed E-state index contributed by atoms with van der Waals surface area (Å²) in [6.07, 6.45) is 4.25. The number of nitrogens with one attached hydrogen (secondary N) is 1. The summed E-state index contributed by atoms with van der Waals surface area (Å²) >= 11 is 0. The van der Waals surface area contributed by atoms with Crippen LogP contribution in [0.4, 0.5) is 0 Å². The highest BCUT2D eigenvalue weighted by atomic mass is 15.3. The molecule has 0 saturated heterocycles. The lowest BCUT2D eigenvalue weighted by molar-refractivity contribution is 0.246. The van der Waals surface area contributed by atoms with E-state index in [0.717, 1.165) is 32.0 Å². The molecule has 0 bridgehead atoms. The van der Waals surface area contributed by atoms with Crippen molar-refractivity contribution in [2.24, 2.45) is 5.92 Å². The van der Waals surface area contributed by atoms with Gasteiger partial charge in [0.25, 0.3) is 0 Å². The Bertz CT molecular complexity index is 344. The van der Waals surface area contributed by atoms with Gasteiger partial charge >= 0.3 is 0 Å². The lowest BCUT2D eigenvalue weighted by Crippen LogP contribution is -2.38. The van der Waals surface area contributed by atoms with Crippen LogP contribution in [0.1, 0.15) is 39.3 Å². The maximum Gasteiger partial charge on any atom is 0.0522 e. The van der Waals surface area contributed by atoms with E-state index in [9.17, 15) is 0 Å². The second kappa shape index (κ2) is 8.33. The molecule has 0 aliphatic heterocycles. The zero-order valence-electron chi connectivity index (χ0n) is 13.2. The third-order valence-electron chi connectivity index (χ3n) is 3.40. The van der Waals surface area contributed by atoms with Gasteiger partial charge in [0, 0.05) is 31.9 Å². The number of aromatic nitrogens is 2. The molecule has 0 amide bonds. The molecule has 4 nitrogen and oxygen atoms in total. The van der Waals surface area contributed by atoms with Gasteiger partial charge in [0.1, 0.15) is 0 Å². The molecule has 0 fully saturated rings. The van der Waals surface area contributed by atoms with Gasteiger partial charge in [-0.25, -0.2) is 0 Å². The van der Waals surface area contributed by atoms with Gasteiger partial charge in [0.2, 0.25) is 0 Å². The minimum Gasteiger partial charge on any atom is -0.310 e. The number of nitrogens with zero attached hydrogens (tertiary/aromatic N) is 3. The summed E-state index contributed by atoms with van der Waals surface area (Å²) < 4.78 is 2.10. The van der Waals surface area contributed by atoms with Crippen LogP contribution < -0.4 is 5.32 Å². The highest BCUT2D eigenvalue weighted by Gasteiger charge is 2.13. The van der Waals surface area contributed by atoms with Crippen molar-refractivity contribution in [3.8, 4) is 0 Å². The highest BCUT2D eigenvalue weighted by molar-refractivity contribution is 5.00. The van der Waals surface area contributed by atoms with Gasteiger partial charge in [0.05, 0.1) is 5.69 Å². The Morgan fingerprint density at radius 1 is 1.37 bits per heavy atom. The predicted molar refractivity (Wildman–Crippen MR) is 81.2 cm³/mol. The summed E-state index contributed by atoms with van der Waals surface area (Å²) in [7, 11) is 4.33. The first-order valence-electron chi connectivity index (χ1n) is 7.42. The zero-order chi connectivity index (χ0) is 14.3. The lowest BCUT2D eigenvalue weighted by Gasteiger charge is -2.26. The van der Waals surface area contributed by atoms with Crippen molar-refractivity contribution in [1.29, 1.82) is 0 Å². The van der Waals surface area contributed by atoms with E-state index in [1.54, 1.807) is 0 Å². The predicted octanol–water partition coefficient (Wildman–Crippen LogP) is 2.36. The molecule has 110 valence electrons. The third kappa shape index (κ3) is 5.74. The van der Waals surface area contributed by atoms with E-state index < -0.39 is 0 Å². The van der Waals surface area contributed by atoms with E-state index in [1.807, 2.05) is 6.20 Å². The molecule has 1 heterocycles. The van der Waals surface area contributed by atoms with Gasteiger partial charge in [-0.3, -0.25) is 4.68 Å². The Labute approximate surface area is 118 Å². The summed E-state index contributed by atoms with van der Waals surface area (Å²) in [6.45, 7) is 9.70. The maximum absolute atomic E-state index is 4.35. The molecule has 0 aliphatic rings. The summed E-state index contributed by atoms with van der Waals surface area (Å²) in [5, 5.41) is 7.92. The van der Waals surface area contributed by atoms with E-state index >= 15 is 0 Å². The number of rotatable bonds is 9. The lowest BCUT2D eigenvalue weighted by atomic mass is 10.0. The quantitative estimate of drug-likeness (QED) is 0.745. The fourth-order valence-electron chi connectivity index (χ4n) is 2.31. The number of hydrogen-bond donors (Lipinski definition) is 1. The van der Waals surface area contributed by atoms with Crippen molar-refractivity contribution in [3.05, 3.63) is 18.0 Å². The van der Waals surface area contributed by atoms with Crippen LogP contribution in [0.25, 0.3) is 0 Å². The molecule has 0 radical (unpaired) electrons. The smallest absolute Gasteiger partial charge is 0.0522 e. The highest BCUT2D eigenvalue weighted by Crippen LogP contribution is 2.08. The molecular formula is C15H30N4. The van der Waals surface area contributed by atoms with Crippen LogP contribution in [0.2, 0.25) is 0 Å². The molecule has 4 heteroatoms. The Morgan fingerprint density at radius 3 is 2.68 bits per heavy atom. The van der Waals surface area contributed by atoms with Crippen molar-refractivity contribution in [2.75, 3.05) is 20.6 Å². The molecule has 1 rings (SSSR count). The normalized spacial score (nSPS) is 13.4. The van der Waals surface area contributed by atoms with E-state index in [1.165, 1.54) is 12.1 Å². The first-order valence-corrected chi connectivity index (χ1v) is 7.42. The Balaban J connectivity index is 2.40. The van der Waals surface area contributed by atoms with Crippen LogP contribution in [0.5, 0.6) is 0 Å². The molecule has 1 aromatic heterocycles. The average Bonchev–Trinajstić information content (AvgIpc) is 2.75. The Hall–Kier alpha value is -0.870. The maximum atomic E-state index is 4.35. The third-order valence-corrected chi connectivity index (χ3v) is 3.40. The van der Waals surface area contributed by atoms with Crippen LogP contribution in [-0.2, 0) is 13.1 Å². The topological polar surface area (TPSA) is 33.1 Å². The molecule has 0 aromatic carbocycles. The van der Waals surface area contributed by atoms with Crippen molar-refractivity contribution in [1.82, 2.24) is 20.0 Å². The van der Waals surface area contributed by atoms with Crippen LogP contribution in [0.3, 0.4) is 0 Å². The summed E-state index contributed by atoms with van der Waals surface area (Å²) in [4.78, 5) is 2.32. The van der Waals surface area contributed by atoms with E-state index in [2.05, 4.69) is 60.9 Å². The van der Waals surface area contributed by atoms with Crippen LogP contribution in [0, 0.1) is 5.92 Å². The number of aryl methyl sites for hydroxylation is 1. The molecule has 1 N–H and O–H groups in total. The molecule has 0 spiro atoms. The molecule has 19 heavy (non-hydrogen) atoms. The van der Waals surface area contributed by atoms with Crippen molar-refractivity contribution >= 4 is 0 Å². The second-order valence-electron chi connectivity index (χ2n) is 5.92. The van der Waals surface area contributed by atoms with Crippen LogP contribution in [0.15, 0.2) is 12.3 Å². The largest absolute Gasteiger partial charge is 0.310 e. The van der Waals surface area contributed by atoms with Crippen LogP contribution >= 0.6 is 0 Å². The van der Waals surface area contributed by atoms with Crippen LogP contribution in [-0.4, -0.2) is 41.4 Å². The average molecular weight is 266 g/mol.